The van der Waals surface area contributed by atoms with Crippen molar-refractivity contribution in [3.8, 4) is 0 Å². The van der Waals surface area contributed by atoms with Gasteiger partial charge in [-0.15, -0.1) is 0 Å². The quantitative estimate of drug-likeness (QED) is 0.483. The first-order valence-corrected chi connectivity index (χ1v) is 4.53. The average molecular weight is 131 g/mol. The van der Waals surface area contributed by atoms with Crippen molar-refractivity contribution in [1.82, 2.24) is 4.57 Å². The van der Waals surface area contributed by atoms with Crippen LogP contribution in [0.3, 0.4) is 0 Å². The SMILES string of the molecule is CC[SiH2]N(C)C(C)=O. The van der Waals surface area contributed by atoms with Crippen LogP contribution in [0.4, 0.5) is 0 Å². The maximum Gasteiger partial charge on any atom is 0.210 e. The summed E-state index contributed by atoms with van der Waals surface area (Å²) in [5.41, 5.74) is 0. The third-order valence-electron chi connectivity index (χ3n) is 1.10. The lowest BCUT2D eigenvalue weighted by atomic mass is 10.7. The van der Waals surface area contributed by atoms with Crippen LogP contribution in [-0.4, -0.2) is 27.2 Å². The summed E-state index contributed by atoms with van der Waals surface area (Å²) in [6.45, 7) is 3.73. The fraction of sp³-hybridized carbons (Fsp3) is 0.800. The van der Waals surface area contributed by atoms with Gasteiger partial charge in [0.1, 0.15) is 9.68 Å². The Labute approximate surface area is 52.8 Å². The molecule has 1 amide bonds. The lowest BCUT2D eigenvalue weighted by molar-refractivity contribution is -0.123. The molecule has 0 radical (unpaired) electrons. The van der Waals surface area contributed by atoms with Crippen LogP contribution in [0.2, 0.25) is 6.04 Å². The second kappa shape index (κ2) is 3.66. The van der Waals surface area contributed by atoms with Gasteiger partial charge < -0.3 is 4.57 Å². The zero-order chi connectivity index (χ0) is 6.57. The predicted molar refractivity (Wildman–Crippen MR) is 37.5 cm³/mol. The third kappa shape index (κ3) is 2.79. The van der Waals surface area contributed by atoms with Crippen molar-refractivity contribution in [2.45, 2.75) is 19.9 Å². The molecule has 0 saturated carbocycles. The second-order valence-electron chi connectivity index (χ2n) is 1.94. The maximum absolute atomic E-state index is 10.5. The number of carbonyl (C=O) groups is 1. The van der Waals surface area contributed by atoms with Crippen molar-refractivity contribution in [1.29, 1.82) is 0 Å². The summed E-state index contributed by atoms with van der Waals surface area (Å²) in [4.78, 5) is 10.5. The van der Waals surface area contributed by atoms with E-state index in [1.54, 1.807) is 6.92 Å². The van der Waals surface area contributed by atoms with Crippen molar-refractivity contribution < 1.29 is 4.79 Å². The fourth-order valence-electron chi connectivity index (χ4n) is 0.493. The maximum atomic E-state index is 10.5. The van der Waals surface area contributed by atoms with E-state index in [-0.39, 0.29) is 15.6 Å². The lowest BCUT2D eigenvalue weighted by Gasteiger charge is -2.11. The summed E-state index contributed by atoms with van der Waals surface area (Å²) in [5, 5.41) is 0. The smallest absolute Gasteiger partial charge is 0.210 e. The molecule has 8 heavy (non-hydrogen) atoms. The van der Waals surface area contributed by atoms with E-state index in [4.69, 9.17) is 0 Å². The molecule has 0 spiro atoms. The van der Waals surface area contributed by atoms with Gasteiger partial charge in [-0.25, -0.2) is 0 Å². The summed E-state index contributed by atoms with van der Waals surface area (Å²) >= 11 is 0. The second-order valence-corrected chi connectivity index (χ2v) is 4.34. The number of hydrogen-bond acceptors (Lipinski definition) is 1. The standard InChI is InChI=1S/C5H13NOSi/c1-4-8-6(3)5(2)7/h4,8H2,1-3H3. The molecule has 3 heteroatoms. The minimum atomic E-state index is -0.218. The monoisotopic (exact) mass is 131 g/mol. The molecule has 0 unspecified atom stereocenters. The van der Waals surface area contributed by atoms with Gasteiger partial charge in [0.05, 0.1) is 0 Å². The highest BCUT2D eigenvalue weighted by atomic mass is 28.2. The molecule has 0 aromatic rings. The van der Waals surface area contributed by atoms with Crippen LogP contribution < -0.4 is 0 Å². The van der Waals surface area contributed by atoms with E-state index in [1.807, 2.05) is 11.6 Å². The van der Waals surface area contributed by atoms with Gasteiger partial charge in [0, 0.05) is 6.92 Å². The highest BCUT2D eigenvalue weighted by Gasteiger charge is 1.97. The van der Waals surface area contributed by atoms with Crippen molar-refractivity contribution in [3.63, 3.8) is 0 Å². The Balaban J connectivity index is 3.32. The van der Waals surface area contributed by atoms with E-state index >= 15 is 0 Å². The molecule has 2 nitrogen and oxygen atoms in total. The fourth-order valence-corrected chi connectivity index (χ4v) is 1.48. The first-order chi connectivity index (χ1) is 3.68. The van der Waals surface area contributed by atoms with Crippen molar-refractivity contribution in [3.05, 3.63) is 0 Å². The Morgan fingerprint density at radius 3 is 2.38 bits per heavy atom. The van der Waals surface area contributed by atoms with E-state index in [0.717, 1.165) is 0 Å². The van der Waals surface area contributed by atoms with E-state index < -0.39 is 0 Å². The molecule has 0 rings (SSSR count). The van der Waals surface area contributed by atoms with Gasteiger partial charge in [-0.2, -0.15) is 0 Å². The number of carbonyl (C=O) groups excluding carboxylic acids is 1. The zero-order valence-electron chi connectivity index (χ0n) is 5.77. The number of amides is 1. The lowest BCUT2D eigenvalue weighted by Crippen LogP contribution is -2.26. The van der Waals surface area contributed by atoms with Gasteiger partial charge in [-0.05, 0) is 13.1 Å². The molecule has 0 heterocycles. The van der Waals surface area contributed by atoms with Crippen LogP contribution in [-0.2, 0) is 4.79 Å². The predicted octanol–water partition coefficient (Wildman–Crippen LogP) is -0.0133. The van der Waals surface area contributed by atoms with Gasteiger partial charge in [0.15, 0.2) is 0 Å². The van der Waals surface area contributed by atoms with E-state index in [1.165, 1.54) is 6.04 Å². The molecule has 0 aromatic heterocycles. The number of rotatable bonds is 2. The van der Waals surface area contributed by atoms with Crippen LogP contribution in [0.1, 0.15) is 13.8 Å². The van der Waals surface area contributed by atoms with Crippen molar-refractivity contribution in [2.24, 2.45) is 0 Å². The van der Waals surface area contributed by atoms with E-state index in [2.05, 4.69) is 6.92 Å². The van der Waals surface area contributed by atoms with E-state index in [9.17, 15) is 4.79 Å². The summed E-state index contributed by atoms with van der Waals surface area (Å²) in [6, 6.07) is 1.18. The molecule has 0 saturated heterocycles. The Hall–Kier alpha value is -0.313. The highest BCUT2D eigenvalue weighted by Crippen LogP contribution is 1.82. The van der Waals surface area contributed by atoms with Gasteiger partial charge >= 0.3 is 0 Å². The first-order valence-electron chi connectivity index (χ1n) is 2.90. The van der Waals surface area contributed by atoms with Gasteiger partial charge in [-0.1, -0.05) is 6.92 Å². The highest BCUT2D eigenvalue weighted by molar-refractivity contribution is 6.36. The normalized spacial score (nSPS) is 10.4. The van der Waals surface area contributed by atoms with E-state index in [0.29, 0.717) is 0 Å². The molecule has 0 bridgehead atoms. The molecule has 0 aliphatic rings. The summed E-state index contributed by atoms with van der Waals surface area (Å²) < 4.78 is 1.85. The third-order valence-corrected chi connectivity index (χ3v) is 2.66. The van der Waals surface area contributed by atoms with Crippen LogP contribution in [0.15, 0.2) is 0 Å². The molecule has 0 atom stereocenters. The first kappa shape index (κ1) is 7.69. The van der Waals surface area contributed by atoms with Gasteiger partial charge in [0.2, 0.25) is 5.91 Å². The minimum Gasteiger partial charge on any atom is -0.378 e. The van der Waals surface area contributed by atoms with Crippen LogP contribution in [0.5, 0.6) is 0 Å². The summed E-state index contributed by atoms with van der Waals surface area (Å²) in [6.07, 6.45) is 0. The molecule has 0 N–H and O–H groups in total. The van der Waals surface area contributed by atoms with Crippen LogP contribution in [0.25, 0.3) is 0 Å². The molecular formula is C5H13NOSi. The Morgan fingerprint density at radius 1 is 1.75 bits per heavy atom. The van der Waals surface area contributed by atoms with Crippen LogP contribution in [0, 0.1) is 0 Å². The summed E-state index contributed by atoms with van der Waals surface area (Å²) in [5.74, 6) is 0.207. The average Bonchev–Trinajstić information content (AvgIpc) is 1.67. The van der Waals surface area contributed by atoms with Crippen molar-refractivity contribution in [2.75, 3.05) is 7.05 Å². The zero-order valence-corrected chi connectivity index (χ0v) is 7.18. The molecule has 48 valence electrons. The molecule has 0 aliphatic heterocycles. The van der Waals surface area contributed by atoms with Crippen molar-refractivity contribution >= 4 is 15.6 Å². The molecule has 0 aliphatic carbocycles. The Kier molecular flexibility index (Phi) is 3.52. The molecule has 0 aromatic carbocycles. The Bertz CT molecular complexity index is 84.5. The Morgan fingerprint density at radius 2 is 2.25 bits per heavy atom. The topological polar surface area (TPSA) is 20.3 Å². The molecular weight excluding hydrogens is 118 g/mol. The van der Waals surface area contributed by atoms with Gasteiger partial charge in [-0.3, -0.25) is 4.79 Å². The number of nitrogens with zero attached hydrogens (tertiary/aromatic N) is 1. The largest absolute Gasteiger partial charge is 0.378 e. The van der Waals surface area contributed by atoms with Crippen LogP contribution >= 0.6 is 0 Å². The minimum absolute atomic E-state index is 0.207. The number of hydrogen-bond donors (Lipinski definition) is 0. The molecule has 0 fully saturated rings. The summed E-state index contributed by atoms with van der Waals surface area (Å²) in [7, 11) is 1.66. The van der Waals surface area contributed by atoms with Gasteiger partial charge in [0.25, 0.3) is 0 Å².